The second kappa shape index (κ2) is 5.83. The van der Waals surface area contributed by atoms with E-state index in [-0.39, 0.29) is 11.9 Å². The number of carbonyl (C=O) groups excluding carboxylic acids is 1. The molecule has 0 spiro atoms. The molecule has 0 saturated carbocycles. The standard InChI is InChI=1S/C12H16N4OS/c1-9-8-18-11(15-9)6-14-12(17)16-4-2-3-10(5-13)7-16/h8,10H,2-4,6-7H2,1H3,(H,14,17)/t10-/m0/s1. The summed E-state index contributed by atoms with van der Waals surface area (Å²) in [4.78, 5) is 17.9. The van der Waals surface area contributed by atoms with Gasteiger partial charge in [0, 0.05) is 24.2 Å². The predicted octanol–water partition coefficient (Wildman–Crippen LogP) is 1.90. The molecule has 2 amide bonds. The zero-order chi connectivity index (χ0) is 13.0. The van der Waals surface area contributed by atoms with Gasteiger partial charge < -0.3 is 10.2 Å². The number of thiazole rings is 1. The van der Waals surface area contributed by atoms with Gasteiger partial charge in [-0.3, -0.25) is 0 Å². The lowest BCUT2D eigenvalue weighted by atomic mass is 10.0. The Bertz CT molecular complexity index is 465. The van der Waals surface area contributed by atoms with Crippen LogP contribution in [0, 0.1) is 24.2 Å². The van der Waals surface area contributed by atoms with Gasteiger partial charge in [0.2, 0.25) is 0 Å². The number of rotatable bonds is 2. The van der Waals surface area contributed by atoms with Crippen molar-refractivity contribution in [3.63, 3.8) is 0 Å². The van der Waals surface area contributed by atoms with Crippen LogP contribution in [0.2, 0.25) is 0 Å². The fourth-order valence-electron chi connectivity index (χ4n) is 2.01. The molecule has 5 nitrogen and oxygen atoms in total. The van der Waals surface area contributed by atoms with Crippen molar-refractivity contribution in [2.75, 3.05) is 13.1 Å². The van der Waals surface area contributed by atoms with Crippen molar-refractivity contribution in [1.82, 2.24) is 15.2 Å². The third-order valence-electron chi connectivity index (χ3n) is 2.95. The number of urea groups is 1. The Hall–Kier alpha value is -1.61. The van der Waals surface area contributed by atoms with E-state index >= 15 is 0 Å². The average Bonchev–Trinajstić information content (AvgIpc) is 2.82. The zero-order valence-corrected chi connectivity index (χ0v) is 11.2. The molecular formula is C12H16N4OS. The molecule has 0 radical (unpaired) electrons. The van der Waals surface area contributed by atoms with E-state index in [0.29, 0.717) is 13.1 Å². The number of aromatic nitrogens is 1. The van der Waals surface area contributed by atoms with Crippen LogP contribution >= 0.6 is 11.3 Å². The number of nitrogens with one attached hydrogen (secondary N) is 1. The molecule has 96 valence electrons. The van der Waals surface area contributed by atoms with Crippen LogP contribution in [0.25, 0.3) is 0 Å². The molecule has 2 heterocycles. The lowest BCUT2D eigenvalue weighted by Gasteiger charge is -2.29. The van der Waals surface area contributed by atoms with E-state index in [2.05, 4.69) is 16.4 Å². The smallest absolute Gasteiger partial charge is 0.317 e. The number of likely N-dealkylation sites (tertiary alicyclic amines) is 1. The molecule has 1 aromatic heterocycles. The Morgan fingerprint density at radius 1 is 1.78 bits per heavy atom. The maximum absolute atomic E-state index is 11.9. The van der Waals surface area contributed by atoms with Crippen molar-refractivity contribution in [2.24, 2.45) is 5.92 Å². The van der Waals surface area contributed by atoms with Gasteiger partial charge in [-0.15, -0.1) is 11.3 Å². The van der Waals surface area contributed by atoms with Crippen LogP contribution in [0.3, 0.4) is 0 Å². The highest BCUT2D eigenvalue weighted by atomic mass is 32.1. The Balaban J connectivity index is 1.82. The van der Waals surface area contributed by atoms with Gasteiger partial charge in [0.25, 0.3) is 0 Å². The number of carbonyl (C=O) groups is 1. The second-order valence-corrected chi connectivity index (χ2v) is 5.40. The van der Waals surface area contributed by atoms with Gasteiger partial charge in [-0.1, -0.05) is 0 Å². The molecule has 1 saturated heterocycles. The number of piperidine rings is 1. The van der Waals surface area contributed by atoms with Crippen LogP contribution in [0.15, 0.2) is 5.38 Å². The highest BCUT2D eigenvalue weighted by Gasteiger charge is 2.23. The fourth-order valence-corrected chi connectivity index (χ4v) is 2.73. The first-order chi connectivity index (χ1) is 8.69. The molecule has 0 aliphatic carbocycles. The number of amides is 2. The van der Waals surface area contributed by atoms with E-state index in [0.717, 1.165) is 30.1 Å². The molecule has 1 fully saturated rings. The summed E-state index contributed by atoms with van der Waals surface area (Å²) in [6.45, 7) is 3.68. The van der Waals surface area contributed by atoms with Crippen LogP contribution in [-0.2, 0) is 6.54 Å². The van der Waals surface area contributed by atoms with E-state index in [1.54, 1.807) is 16.2 Å². The topological polar surface area (TPSA) is 69.0 Å². The lowest BCUT2D eigenvalue weighted by molar-refractivity contribution is 0.176. The van der Waals surface area contributed by atoms with Crippen LogP contribution < -0.4 is 5.32 Å². The molecule has 1 atom stereocenters. The predicted molar refractivity (Wildman–Crippen MR) is 69.0 cm³/mol. The van der Waals surface area contributed by atoms with E-state index in [4.69, 9.17) is 5.26 Å². The van der Waals surface area contributed by atoms with Crippen molar-refractivity contribution in [2.45, 2.75) is 26.3 Å². The van der Waals surface area contributed by atoms with Crippen LogP contribution in [0.4, 0.5) is 4.79 Å². The summed E-state index contributed by atoms with van der Waals surface area (Å²) in [6.07, 6.45) is 1.80. The van der Waals surface area contributed by atoms with Gasteiger partial charge in [-0.05, 0) is 19.8 Å². The van der Waals surface area contributed by atoms with Gasteiger partial charge in [-0.2, -0.15) is 5.26 Å². The maximum Gasteiger partial charge on any atom is 0.317 e. The Kier molecular flexibility index (Phi) is 4.15. The normalized spacial score (nSPS) is 19.3. The monoisotopic (exact) mass is 264 g/mol. The van der Waals surface area contributed by atoms with Crippen molar-refractivity contribution in [3.05, 3.63) is 16.1 Å². The van der Waals surface area contributed by atoms with Gasteiger partial charge in [0.05, 0.1) is 18.5 Å². The number of nitriles is 1. The van der Waals surface area contributed by atoms with E-state index < -0.39 is 0 Å². The van der Waals surface area contributed by atoms with Crippen LogP contribution in [-0.4, -0.2) is 29.0 Å². The van der Waals surface area contributed by atoms with Crippen molar-refractivity contribution >= 4 is 17.4 Å². The summed E-state index contributed by atoms with van der Waals surface area (Å²) in [6, 6.07) is 2.14. The van der Waals surface area contributed by atoms with Crippen molar-refractivity contribution < 1.29 is 4.79 Å². The summed E-state index contributed by atoms with van der Waals surface area (Å²) < 4.78 is 0. The zero-order valence-electron chi connectivity index (χ0n) is 10.3. The van der Waals surface area contributed by atoms with Gasteiger partial charge in [0.1, 0.15) is 5.01 Å². The lowest BCUT2D eigenvalue weighted by Crippen LogP contribution is -2.45. The molecule has 1 aromatic rings. The molecule has 1 aliphatic rings. The molecule has 6 heteroatoms. The summed E-state index contributed by atoms with van der Waals surface area (Å²) in [5.41, 5.74) is 0.978. The molecule has 18 heavy (non-hydrogen) atoms. The van der Waals surface area contributed by atoms with E-state index in [9.17, 15) is 4.79 Å². The van der Waals surface area contributed by atoms with Crippen LogP contribution in [0.1, 0.15) is 23.5 Å². The first-order valence-corrected chi connectivity index (χ1v) is 6.90. The molecule has 0 bridgehead atoms. The van der Waals surface area contributed by atoms with Gasteiger partial charge in [-0.25, -0.2) is 9.78 Å². The summed E-state index contributed by atoms with van der Waals surface area (Å²) in [7, 11) is 0. The molecule has 2 rings (SSSR count). The molecule has 1 aliphatic heterocycles. The number of hydrogen-bond acceptors (Lipinski definition) is 4. The third-order valence-corrected chi connectivity index (χ3v) is 3.92. The minimum absolute atomic E-state index is 0.0217. The Morgan fingerprint density at radius 3 is 3.28 bits per heavy atom. The minimum Gasteiger partial charge on any atom is -0.331 e. The largest absolute Gasteiger partial charge is 0.331 e. The highest BCUT2D eigenvalue weighted by Crippen LogP contribution is 2.15. The van der Waals surface area contributed by atoms with Crippen LogP contribution in [0.5, 0.6) is 0 Å². The second-order valence-electron chi connectivity index (χ2n) is 4.46. The Labute approximate surface area is 110 Å². The first-order valence-electron chi connectivity index (χ1n) is 6.02. The average molecular weight is 264 g/mol. The molecular weight excluding hydrogens is 248 g/mol. The minimum atomic E-state index is -0.0946. The molecule has 1 N–H and O–H groups in total. The number of hydrogen-bond donors (Lipinski definition) is 1. The van der Waals surface area contributed by atoms with Gasteiger partial charge >= 0.3 is 6.03 Å². The first kappa shape index (κ1) is 12.8. The summed E-state index contributed by atoms with van der Waals surface area (Å²) >= 11 is 1.55. The van der Waals surface area contributed by atoms with Crippen molar-refractivity contribution in [1.29, 1.82) is 5.26 Å². The summed E-state index contributed by atoms with van der Waals surface area (Å²) in [5, 5.41) is 14.6. The quantitative estimate of drug-likeness (QED) is 0.887. The highest BCUT2D eigenvalue weighted by molar-refractivity contribution is 7.09. The SMILES string of the molecule is Cc1csc(CNC(=O)N2CCC[C@@H](C#N)C2)n1. The summed E-state index contributed by atoms with van der Waals surface area (Å²) in [5.74, 6) is -0.0217. The molecule has 0 unspecified atom stereocenters. The van der Waals surface area contributed by atoms with E-state index in [1.165, 1.54) is 0 Å². The molecule has 0 aromatic carbocycles. The van der Waals surface area contributed by atoms with Crippen molar-refractivity contribution in [3.8, 4) is 6.07 Å². The Morgan fingerprint density at radius 2 is 2.61 bits per heavy atom. The fraction of sp³-hybridized carbons (Fsp3) is 0.583. The van der Waals surface area contributed by atoms with E-state index in [1.807, 2.05) is 12.3 Å². The number of aryl methyl sites for hydroxylation is 1. The number of nitrogens with zero attached hydrogens (tertiary/aromatic N) is 3. The van der Waals surface area contributed by atoms with Gasteiger partial charge in [0.15, 0.2) is 0 Å². The third kappa shape index (κ3) is 3.20. The maximum atomic E-state index is 11.9.